The molecule has 3 atom stereocenters. The van der Waals surface area contributed by atoms with Gasteiger partial charge in [0.2, 0.25) is 5.91 Å². The number of unbranched alkanes of at least 4 members (excludes halogenated alkanes) is 29. The van der Waals surface area contributed by atoms with Crippen LogP contribution in [0, 0.1) is 0 Å². The lowest BCUT2D eigenvalue weighted by molar-refractivity contribution is -0.870. The van der Waals surface area contributed by atoms with Gasteiger partial charge in [-0.3, -0.25) is 14.2 Å². The van der Waals surface area contributed by atoms with E-state index in [1.165, 1.54) is 135 Å². The van der Waals surface area contributed by atoms with Crippen LogP contribution >= 0.6 is 7.82 Å². The Morgan fingerprint density at radius 1 is 0.473 bits per heavy atom. The van der Waals surface area contributed by atoms with Crippen molar-refractivity contribution in [1.29, 1.82) is 0 Å². The van der Waals surface area contributed by atoms with Crippen LogP contribution in [0.2, 0.25) is 0 Å². The lowest BCUT2D eigenvalue weighted by Gasteiger charge is -2.30. The van der Waals surface area contributed by atoms with E-state index < -0.39 is 26.6 Å². The second-order valence-corrected chi connectivity index (χ2v) is 23.3. The van der Waals surface area contributed by atoms with Gasteiger partial charge in [-0.1, -0.05) is 229 Å². The number of nitrogens with zero attached hydrogens (tertiary/aromatic N) is 1. The zero-order chi connectivity index (χ0) is 54.3. The second-order valence-electron chi connectivity index (χ2n) is 21.8. The van der Waals surface area contributed by atoms with Gasteiger partial charge in [0.15, 0.2) is 0 Å². The maximum Gasteiger partial charge on any atom is 0.306 e. The van der Waals surface area contributed by atoms with Crippen molar-refractivity contribution in [3.05, 3.63) is 72.9 Å². The molecule has 3 unspecified atom stereocenters. The molecular weight excluding hydrogens is 940 g/mol. The van der Waals surface area contributed by atoms with Gasteiger partial charge in [0.1, 0.15) is 19.3 Å². The Labute approximate surface area is 457 Å². The molecule has 0 aromatic carbocycles. The number of nitrogens with one attached hydrogen (secondary N) is 1. The van der Waals surface area contributed by atoms with Crippen LogP contribution in [0.3, 0.4) is 0 Å². The van der Waals surface area contributed by atoms with Gasteiger partial charge >= 0.3 is 5.97 Å². The highest BCUT2D eigenvalue weighted by molar-refractivity contribution is 7.45. The number of esters is 1. The topological polar surface area (TPSA) is 114 Å². The molecule has 0 aliphatic carbocycles. The van der Waals surface area contributed by atoms with Gasteiger partial charge in [-0.25, -0.2) is 0 Å². The molecule has 430 valence electrons. The fourth-order valence-electron chi connectivity index (χ4n) is 8.56. The molecule has 74 heavy (non-hydrogen) atoms. The number of likely N-dealkylation sites (N-methyl/N-ethyl adjacent to an activating group) is 1. The van der Waals surface area contributed by atoms with E-state index in [0.29, 0.717) is 17.4 Å². The maximum atomic E-state index is 13.5. The molecule has 0 saturated carbocycles. The summed E-state index contributed by atoms with van der Waals surface area (Å²) in [5.74, 6) is -0.569. The van der Waals surface area contributed by atoms with E-state index in [1.54, 1.807) is 0 Å². The highest BCUT2D eigenvalue weighted by Gasteiger charge is 2.27. The predicted octanol–water partition coefficient (Wildman–Crippen LogP) is 18.2. The number of ether oxygens (including phenoxy) is 1. The van der Waals surface area contributed by atoms with Gasteiger partial charge in [0.05, 0.1) is 33.8 Å². The fraction of sp³-hybridized carbons (Fsp3) is 0.781. The first-order valence-electron chi connectivity index (χ1n) is 30.7. The standard InChI is InChI=1S/C64H117N2O7P/c1-7-10-13-16-19-22-25-28-30-32-33-35-37-39-42-45-48-51-54-57-64(68)73-62(55-52-49-46-43-40-27-24-21-18-15-12-9-3)61(60-72-74(69,70)71-59-58-66(4,5)6)65-63(67)56-53-50-47-44-41-38-36-34-31-29-26-23-20-17-14-11-8-2/h19-20,22-23,28-31,36,38,52,55,61-62H,7-18,21,24-27,32-35,37,39-51,53-54,56-60H2,1-6H3,(H-,65,67,69,70)/b22-19-,23-20-,30-28-,31-29-,38-36-,55-52+. The molecule has 0 aromatic heterocycles. The van der Waals surface area contributed by atoms with Crippen LogP contribution in [0.4, 0.5) is 0 Å². The number of rotatable bonds is 55. The number of quaternary nitrogens is 1. The molecule has 9 nitrogen and oxygen atoms in total. The highest BCUT2D eigenvalue weighted by Crippen LogP contribution is 2.38. The first-order valence-corrected chi connectivity index (χ1v) is 32.2. The molecule has 1 N–H and O–H groups in total. The van der Waals surface area contributed by atoms with E-state index >= 15 is 0 Å². The van der Waals surface area contributed by atoms with Crippen molar-refractivity contribution in [2.45, 2.75) is 283 Å². The largest absolute Gasteiger partial charge is 0.756 e. The zero-order valence-electron chi connectivity index (χ0n) is 49.0. The van der Waals surface area contributed by atoms with Crippen LogP contribution in [0.25, 0.3) is 0 Å². The van der Waals surface area contributed by atoms with Crippen molar-refractivity contribution in [3.63, 3.8) is 0 Å². The van der Waals surface area contributed by atoms with Gasteiger partial charge < -0.3 is 28.5 Å². The molecule has 0 radical (unpaired) electrons. The monoisotopic (exact) mass is 1060 g/mol. The summed E-state index contributed by atoms with van der Waals surface area (Å²) in [4.78, 5) is 40.0. The molecule has 10 heteroatoms. The fourth-order valence-corrected chi connectivity index (χ4v) is 9.28. The molecule has 1 amide bonds. The summed E-state index contributed by atoms with van der Waals surface area (Å²) in [6.45, 7) is 6.77. The number of amides is 1. The Morgan fingerprint density at radius 2 is 0.824 bits per heavy atom. The molecule has 0 spiro atoms. The molecule has 0 fully saturated rings. The third-order valence-electron chi connectivity index (χ3n) is 13.4. The molecule has 0 aromatic rings. The number of hydrogen-bond donors (Lipinski definition) is 1. The number of phosphoric acid groups is 1. The quantitative estimate of drug-likeness (QED) is 0.0212. The van der Waals surface area contributed by atoms with E-state index in [2.05, 4.69) is 86.8 Å². The van der Waals surface area contributed by atoms with Crippen molar-refractivity contribution in [2.75, 3.05) is 40.9 Å². The van der Waals surface area contributed by atoms with E-state index in [0.717, 1.165) is 96.3 Å². The molecule has 0 aliphatic heterocycles. The number of hydrogen-bond acceptors (Lipinski definition) is 7. The van der Waals surface area contributed by atoms with Crippen LogP contribution in [-0.4, -0.2) is 69.4 Å². The molecule has 0 bridgehead atoms. The highest BCUT2D eigenvalue weighted by atomic mass is 31.2. The summed E-state index contributed by atoms with van der Waals surface area (Å²) >= 11 is 0. The Balaban J connectivity index is 5.31. The van der Waals surface area contributed by atoms with Gasteiger partial charge in [-0.05, 0) is 102 Å². The van der Waals surface area contributed by atoms with Gasteiger partial charge in [0.25, 0.3) is 7.82 Å². The molecule has 0 aliphatic rings. The number of allylic oxidation sites excluding steroid dienone is 11. The molecule has 0 rings (SSSR count). The zero-order valence-corrected chi connectivity index (χ0v) is 49.9. The van der Waals surface area contributed by atoms with Crippen molar-refractivity contribution >= 4 is 19.7 Å². The minimum Gasteiger partial charge on any atom is -0.756 e. The average Bonchev–Trinajstić information content (AvgIpc) is 3.36. The lowest BCUT2D eigenvalue weighted by atomic mass is 10.0. The predicted molar refractivity (Wildman–Crippen MR) is 316 cm³/mol. The van der Waals surface area contributed by atoms with Crippen molar-refractivity contribution in [3.8, 4) is 0 Å². The molecule has 0 heterocycles. The third-order valence-corrected chi connectivity index (χ3v) is 14.3. The minimum atomic E-state index is -4.71. The van der Waals surface area contributed by atoms with Crippen LogP contribution < -0.4 is 10.2 Å². The average molecular weight is 1060 g/mol. The van der Waals surface area contributed by atoms with Crippen LogP contribution in [0.15, 0.2) is 72.9 Å². The van der Waals surface area contributed by atoms with Crippen LogP contribution in [-0.2, 0) is 27.9 Å². The minimum absolute atomic E-state index is 0.0297. The number of phosphoric ester groups is 1. The lowest BCUT2D eigenvalue weighted by Crippen LogP contribution is -2.47. The van der Waals surface area contributed by atoms with Crippen molar-refractivity contribution in [2.24, 2.45) is 0 Å². The SMILES string of the molecule is CCCCC/C=C\C/C=C\C/C=C\CCCCCCC(=O)NC(COP(=O)([O-])OCC[N+](C)(C)C)C(/C=C/CCCCCCCCCCCC)OC(=O)CCCCCCCCCCC/C=C\C/C=C\CCCCC. The smallest absolute Gasteiger partial charge is 0.306 e. The van der Waals surface area contributed by atoms with Crippen molar-refractivity contribution < 1.29 is 37.3 Å². The summed E-state index contributed by atoms with van der Waals surface area (Å²) in [6.07, 6.45) is 68.6. The second kappa shape index (κ2) is 53.8. The molecular formula is C64H117N2O7P. The van der Waals surface area contributed by atoms with Gasteiger partial charge in [0, 0.05) is 12.8 Å². The molecule has 0 saturated heterocycles. The Morgan fingerprint density at radius 3 is 1.26 bits per heavy atom. The van der Waals surface area contributed by atoms with E-state index in [9.17, 15) is 19.0 Å². The summed E-state index contributed by atoms with van der Waals surface area (Å²) in [5, 5.41) is 3.01. The first kappa shape index (κ1) is 71.5. The Kier molecular flexibility index (Phi) is 52.0. The van der Waals surface area contributed by atoms with Crippen LogP contribution in [0.5, 0.6) is 0 Å². The van der Waals surface area contributed by atoms with Crippen molar-refractivity contribution in [1.82, 2.24) is 5.32 Å². The van der Waals surface area contributed by atoms with Gasteiger partial charge in [-0.2, -0.15) is 0 Å². The summed E-state index contributed by atoms with van der Waals surface area (Å²) in [7, 11) is 1.16. The Bertz CT molecular complexity index is 1500. The van der Waals surface area contributed by atoms with E-state index in [4.69, 9.17) is 13.8 Å². The summed E-state index contributed by atoms with van der Waals surface area (Å²) in [5.41, 5.74) is 0. The third kappa shape index (κ3) is 54.2. The number of carbonyl (C=O) groups is 2. The maximum absolute atomic E-state index is 13.5. The van der Waals surface area contributed by atoms with E-state index in [-0.39, 0.29) is 31.3 Å². The van der Waals surface area contributed by atoms with E-state index in [1.807, 2.05) is 33.3 Å². The normalized spacial score (nSPS) is 14.2. The summed E-state index contributed by atoms with van der Waals surface area (Å²) in [6, 6.07) is -0.904. The first-order chi connectivity index (χ1) is 35.9. The van der Waals surface area contributed by atoms with Crippen LogP contribution in [0.1, 0.15) is 271 Å². The Hall–Kier alpha value is -2.55. The summed E-state index contributed by atoms with van der Waals surface area (Å²) < 4.78 is 30.3. The van der Waals surface area contributed by atoms with Gasteiger partial charge in [-0.15, -0.1) is 0 Å². The number of carbonyl (C=O) groups excluding carboxylic acids is 2.